The molecule has 2 amide bonds. The summed E-state index contributed by atoms with van der Waals surface area (Å²) in [4.78, 5) is 18.6. The molecular weight excluding hydrogens is 412 g/mol. The van der Waals surface area contributed by atoms with Crippen LogP contribution in [0.15, 0.2) is 62.6 Å². The Balaban J connectivity index is 1.23. The molecular formula is C19H18N4O4S2. The minimum atomic E-state index is -3.59. The van der Waals surface area contributed by atoms with Crippen molar-refractivity contribution < 1.29 is 17.6 Å². The minimum Gasteiger partial charge on any atom is -0.467 e. The van der Waals surface area contributed by atoms with Gasteiger partial charge in [-0.2, -0.15) is 4.31 Å². The molecule has 2 aliphatic rings. The summed E-state index contributed by atoms with van der Waals surface area (Å²) in [7, 11) is -3.59. The summed E-state index contributed by atoms with van der Waals surface area (Å²) >= 11 is 1.42. The van der Waals surface area contributed by atoms with E-state index in [9.17, 15) is 13.2 Å². The zero-order valence-corrected chi connectivity index (χ0v) is 17.0. The maximum Gasteiger partial charge on any atom is 0.318 e. The standard InChI is InChI=1S/C19H18N4O4S2/c24-19(20-7-15-2-1-5-27-15)22-8-13-10-23(11-14(13)9-22)29(25,26)16-3-4-17-18(6-16)28-12-21-17/h1-6,12H,7-11H2,(H,20,24). The van der Waals surface area contributed by atoms with Crippen molar-refractivity contribution in [3.63, 3.8) is 0 Å². The van der Waals surface area contributed by atoms with Crippen molar-refractivity contribution >= 4 is 37.6 Å². The van der Waals surface area contributed by atoms with E-state index in [1.807, 2.05) is 0 Å². The van der Waals surface area contributed by atoms with Crippen LogP contribution >= 0.6 is 11.3 Å². The lowest BCUT2D eigenvalue weighted by Gasteiger charge is -2.23. The van der Waals surface area contributed by atoms with Gasteiger partial charge in [-0.3, -0.25) is 0 Å². The van der Waals surface area contributed by atoms with E-state index in [4.69, 9.17) is 4.42 Å². The fourth-order valence-corrected chi connectivity index (χ4v) is 5.94. The lowest BCUT2D eigenvalue weighted by Crippen LogP contribution is -2.41. The maximum absolute atomic E-state index is 13.1. The molecule has 0 unspecified atom stereocenters. The van der Waals surface area contributed by atoms with Gasteiger partial charge < -0.3 is 14.6 Å². The molecule has 10 heteroatoms. The van der Waals surface area contributed by atoms with Crippen molar-refractivity contribution in [1.29, 1.82) is 0 Å². The van der Waals surface area contributed by atoms with E-state index in [2.05, 4.69) is 10.3 Å². The van der Waals surface area contributed by atoms with Gasteiger partial charge in [0.1, 0.15) is 5.76 Å². The number of rotatable bonds is 4. The van der Waals surface area contributed by atoms with Crippen LogP contribution in [0, 0.1) is 0 Å². The summed E-state index contributed by atoms with van der Waals surface area (Å²) in [6, 6.07) is 8.42. The number of hydrogen-bond acceptors (Lipinski definition) is 6. The number of furan rings is 1. The molecule has 1 aromatic carbocycles. The molecule has 8 nitrogen and oxygen atoms in total. The summed E-state index contributed by atoms with van der Waals surface area (Å²) in [6.07, 6.45) is 1.56. The zero-order chi connectivity index (χ0) is 20.0. The molecule has 2 aliphatic heterocycles. The van der Waals surface area contributed by atoms with Crippen molar-refractivity contribution in [2.24, 2.45) is 0 Å². The van der Waals surface area contributed by atoms with Crippen LogP contribution in [-0.4, -0.2) is 54.8 Å². The Morgan fingerprint density at radius 3 is 2.69 bits per heavy atom. The van der Waals surface area contributed by atoms with Gasteiger partial charge in [0.2, 0.25) is 10.0 Å². The molecule has 0 atom stereocenters. The van der Waals surface area contributed by atoms with Crippen LogP contribution in [0.4, 0.5) is 4.79 Å². The molecule has 0 spiro atoms. The van der Waals surface area contributed by atoms with E-state index < -0.39 is 10.0 Å². The Hall–Kier alpha value is -2.69. The largest absolute Gasteiger partial charge is 0.467 e. The fourth-order valence-electron chi connectivity index (χ4n) is 3.69. The second-order valence-electron chi connectivity index (χ2n) is 7.06. The molecule has 0 fully saturated rings. The van der Waals surface area contributed by atoms with Gasteiger partial charge in [0, 0.05) is 26.2 Å². The van der Waals surface area contributed by atoms with Crippen molar-refractivity contribution in [2.45, 2.75) is 11.4 Å². The first-order valence-electron chi connectivity index (χ1n) is 9.09. The third-order valence-corrected chi connectivity index (χ3v) is 7.80. The Morgan fingerprint density at radius 1 is 1.17 bits per heavy atom. The number of sulfonamides is 1. The molecule has 3 aromatic rings. The van der Waals surface area contributed by atoms with Crippen LogP contribution < -0.4 is 5.32 Å². The quantitative estimate of drug-likeness (QED) is 0.642. The van der Waals surface area contributed by atoms with Gasteiger partial charge in [-0.25, -0.2) is 18.2 Å². The smallest absolute Gasteiger partial charge is 0.318 e. The zero-order valence-electron chi connectivity index (χ0n) is 15.4. The van der Waals surface area contributed by atoms with Gasteiger partial charge in [-0.15, -0.1) is 11.3 Å². The molecule has 4 heterocycles. The minimum absolute atomic E-state index is 0.180. The summed E-state index contributed by atoms with van der Waals surface area (Å²) in [6.45, 7) is 1.85. The average Bonchev–Trinajstić information content (AvgIpc) is 3.48. The summed E-state index contributed by atoms with van der Waals surface area (Å²) < 4.78 is 33.7. The number of benzene rings is 1. The number of fused-ring (bicyclic) bond motifs is 1. The molecule has 0 radical (unpaired) electrons. The normalized spacial score (nSPS) is 17.3. The van der Waals surface area contributed by atoms with Gasteiger partial charge in [0.25, 0.3) is 0 Å². The maximum atomic E-state index is 13.1. The number of thiazole rings is 1. The van der Waals surface area contributed by atoms with Gasteiger partial charge in [0.15, 0.2) is 0 Å². The first kappa shape index (κ1) is 18.3. The van der Waals surface area contributed by atoms with Crippen molar-refractivity contribution in [3.8, 4) is 0 Å². The monoisotopic (exact) mass is 430 g/mol. The number of amides is 2. The van der Waals surface area contributed by atoms with Crippen LogP contribution in [0.1, 0.15) is 5.76 Å². The Labute approximate surface area is 171 Å². The van der Waals surface area contributed by atoms with E-state index in [1.165, 1.54) is 15.6 Å². The molecule has 0 saturated carbocycles. The number of nitrogens with zero attached hydrogens (tertiary/aromatic N) is 3. The lowest BCUT2D eigenvalue weighted by atomic mass is 10.2. The second kappa shape index (κ2) is 6.97. The fraction of sp³-hybridized carbons (Fsp3) is 0.263. The number of hydrogen-bond donors (Lipinski definition) is 1. The predicted octanol–water partition coefficient (Wildman–Crippen LogP) is 2.42. The van der Waals surface area contributed by atoms with Gasteiger partial charge >= 0.3 is 6.03 Å². The number of carbonyl (C=O) groups is 1. The van der Waals surface area contributed by atoms with Crippen LogP contribution in [0.5, 0.6) is 0 Å². The highest BCUT2D eigenvalue weighted by Gasteiger charge is 2.37. The van der Waals surface area contributed by atoms with Gasteiger partial charge in [-0.1, -0.05) is 0 Å². The average molecular weight is 431 g/mol. The topological polar surface area (TPSA) is 95.8 Å². The molecule has 29 heavy (non-hydrogen) atoms. The molecule has 1 N–H and O–H groups in total. The van der Waals surface area contributed by atoms with Gasteiger partial charge in [0.05, 0.1) is 33.4 Å². The van der Waals surface area contributed by atoms with Crippen molar-refractivity contribution in [2.75, 3.05) is 26.2 Å². The highest BCUT2D eigenvalue weighted by molar-refractivity contribution is 7.89. The van der Waals surface area contributed by atoms with E-state index in [1.54, 1.807) is 47.0 Å². The van der Waals surface area contributed by atoms with Crippen LogP contribution in [0.25, 0.3) is 10.2 Å². The lowest BCUT2D eigenvalue weighted by molar-refractivity contribution is 0.207. The van der Waals surface area contributed by atoms with E-state index in [0.29, 0.717) is 38.5 Å². The van der Waals surface area contributed by atoms with Crippen molar-refractivity contribution in [3.05, 3.63) is 59.0 Å². The first-order valence-corrected chi connectivity index (χ1v) is 11.4. The Bertz CT molecular complexity index is 1200. The van der Waals surface area contributed by atoms with E-state index in [-0.39, 0.29) is 10.9 Å². The number of nitrogens with one attached hydrogen (secondary N) is 1. The Kier molecular flexibility index (Phi) is 4.41. The second-order valence-corrected chi connectivity index (χ2v) is 9.88. The molecule has 150 valence electrons. The van der Waals surface area contributed by atoms with Crippen molar-refractivity contribution in [1.82, 2.24) is 19.5 Å². The number of urea groups is 1. The molecule has 0 bridgehead atoms. The number of carbonyl (C=O) groups excluding carboxylic acids is 1. The summed E-state index contributed by atoms with van der Waals surface area (Å²) in [5, 5.41) is 2.83. The van der Waals surface area contributed by atoms with Crippen LogP contribution in [0.2, 0.25) is 0 Å². The van der Waals surface area contributed by atoms with Crippen LogP contribution in [0.3, 0.4) is 0 Å². The van der Waals surface area contributed by atoms with Crippen LogP contribution in [-0.2, 0) is 16.6 Å². The van der Waals surface area contributed by atoms with Gasteiger partial charge in [-0.05, 0) is 41.5 Å². The third-order valence-electron chi connectivity index (χ3n) is 5.22. The molecule has 0 saturated heterocycles. The number of aromatic nitrogens is 1. The third kappa shape index (κ3) is 3.33. The summed E-state index contributed by atoms with van der Waals surface area (Å²) in [5.41, 5.74) is 4.51. The van der Waals surface area contributed by atoms with E-state index >= 15 is 0 Å². The predicted molar refractivity (Wildman–Crippen MR) is 108 cm³/mol. The highest BCUT2D eigenvalue weighted by atomic mass is 32.2. The summed E-state index contributed by atoms with van der Waals surface area (Å²) in [5.74, 6) is 0.688. The first-order chi connectivity index (χ1) is 14.0. The molecule has 2 aromatic heterocycles. The van der Waals surface area contributed by atoms with E-state index in [0.717, 1.165) is 21.4 Å². The highest BCUT2D eigenvalue weighted by Crippen LogP contribution is 2.31. The molecule has 0 aliphatic carbocycles. The SMILES string of the molecule is O=C(NCc1ccco1)N1CC2=C(C1)CN(S(=O)(=O)c1ccc3ncsc3c1)C2. The molecule has 5 rings (SSSR count). The Morgan fingerprint density at radius 2 is 1.97 bits per heavy atom.